The number of hydrogen-bond donors (Lipinski definition) is 2. The summed E-state index contributed by atoms with van der Waals surface area (Å²) in [6, 6.07) is 8.86. The van der Waals surface area contributed by atoms with Crippen molar-refractivity contribution in [3.63, 3.8) is 0 Å². The molecule has 2 N–H and O–H groups in total. The Kier molecular flexibility index (Phi) is 5.18. The molecule has 4 aliphatic carbocycles. The minimum atomic E-state index is -1.05. The number of benzene rings is 1. The van der Waals surface area contributed by atoms with Crippen LogP contribution in [0, 0.1) is 17.3 Å². The molecule has 0 bridgehead atoms. The molecule has 0 aromatic heterocycles. The van der Waals surface area contributed by atoms with Crippen LogP contribution in [-0.4, -0.2) is 41.8 Å². The second kappa shape index (κ2) is 7.56. The van der Waals surface area contributed by atoms with E-state index in [0.717, 1.165) is 32.1 Å². The van der Waals surface area contributed by atoms with Gasteiger partial charge in [-0.05, 0) is 92.2 Å². The van der Waals surface area contributed by atoms with Crippen molar-refractivity contribution in [2.75, 3.05) is 19.0 Å². The van der Waals surface area contributed by atoms with Gasteiger partial charge < -0.3 is 15.1 Å². The highest BCUT2D eigenvalue weighted by molar-refractivity contribution is 5.93. The van der Waals surface area contributed by atoms with Crippen molar-refractivity contribution >= 4 is 11.5 Å². The van der Waals surface area contributed by atoms with Gasteiger partial charge in [0.25, 0.3) is 0 Å². The van der Waals surface area contributed by atoms with E-state index in [-0.39, 0.29) is 17.1 Å². The Morgan fingerprint density at radius 1 is 1.09 bits per heavy atom. The van der Waals surface area contributed by atoms with Gasteiger partial charge in [-0.2, -0.15) is 0 Å². The predicted molar refractivity (Wildman–Crippen MR) is 128 cm³/mol. The van der Waals surface area contributed by atoms with Gasteiger partial charge in [0.2, 0.25) is 0 Å². The average Bonchev–Trinajstić information content (AvgIpc) is 3.04. The summed E-state index contributed by atoms with van der Waals surface area (Å²) in [5.41, 5.74) is 5.31. The monoisotopic (exact) mass is 435 g/mol. The topological polar surface area (TPSA) is 60.8 Å². The van der Waals surface area contributed by atoms with Gasteiger partial charge in [-0.15, -0.1) is 0 Å². The third kappa shape index (κ3) is 3.06. The van der Waals surface area contributed by atoms with Gasteiger partial charge in [-0.3, -0.25) is 4.79 Å². The van der Waals surface area contributed by atoms with Gasteiger partial charge in [0, 0.05) is 37.5 Å². The zero-order valence-corrected chi connectivity index (χ0v) is 19.9. The minimum Gasteiger partial charge on any atom is -0.390 e. The summed E-state index contributed by atoms with van der Waals surface area (Å²) in [5.74, 6) is 1.27. The number of carbonyl (C=O) groups is 1. The lowest BCUT2D eigenvalue weighted by molar-refractivity contribution is -0.154. The van der Waals surface area contributed by atoms with E-state index in [1.165, 1.54) is 28.0 Å². The van der Waals surface area contributed by atoms with Crippen LogP contribution >= 0.6 is 0 Å². The molecule has 4 heteroatoms. The van der Waals surface area contributed by atoms with Gasteiger partial charge in [-0.1, -0.05) is 24.6 Å². The number of rotatable bonds is 3. The molecular weight excluding hydrogens is 398 g/mol. The molecule has 4 aliphatic rings. The Balaban J connectivity index is 1.66. The fourth-order valence-electron chi connectivity index (χ4n) is 7.69. The average molecular weight is 436 g/mol. The maximum Gasteiger partial charge on any atom is 0.156 e. The van der Waals surface area contributed by atoms with Gasteiger partial charge in [-0.25, -0.2) is 0 Å². The number of carbonyl (C=O) groups excluding carboxylic acids is 1. The van der Waals surface area contributed by atoms with Crippen LogP contribution in [0.25, 0.3) is 0 Å². The van der Waals surface area contributed by atoms with Crippen LogP contribution in [0.4, 0.5) is 5.69 Å². The molecule has 2 fully saturated rings. The molecule has 172 valence electrons. The molecule has 0 aliphatic heterocycles. The van der Waals surface area contributed by atoms with Crippen LogP contribution in [0.3, 0.4) is 0 Å². The van der Waals surface area contributed by atoms with E-state index in [1.54, 1.807) is 6.92 Å². The maximum absolute atomic E-state index is 12.2. The van der Waals surface area contributed by atoms with Gasteiger partial charge in [0.05, 0.1) is 11.7 Å². The minimum absolute atomic E-state index is 0.215. The lowest BCUT2D eigenvalue weighted by atomic mass is 9.50. The molecule has 0 spiro atoms. The molecule has 6 atom stereocenters. The highest BCUT2D eigenvalue weighted by Gasteiger charge is 2.64. The van der Waals surface area contributed by atoms with E-state index in [2.05, 4.69) is 50.2 Å². The summed E-state index contributed by atoms with van der Waals surface area (Å²) in [7, 11) is 4.11. The molecule has 0 heterocycles. The lowest BCUT2D eigenvalue weighted by Crippen LogP contribution is -2.56. The second-order valence-electron chi connectivity index (χ2n) is 11.1. The molecule has 32 heavy (non-hydrogen) atoms. The van der Waals surface area contributed by atoms with E-state index in [0.29, 0.717) is 24.7 Å². The summed E-state index contributed by atoms with van der Waals surface area (Å²) in [4.78, 5) is 14.3. The van der Waals surface area contributed by atoms with Crippen LogP contribution in [0.2, 0.25) is 0 Å². The van der Waals surface area contributed by atoms with E-state index in [9.17, 15) is 15.0 Å². The first-order valence-electron chi connectivity index (χ1n) is 12.3. The first-order chi connectivity index (χ1) is 15.2. The highest BCUT2D eigenvalue weighted by Crippen LogP contribution is 2.67. The Morgan fingerprint density at radius 2 is 1.81 bits per heavy atom. The Hall–Kier alpha value is -1.91. The molecule has 1 aromatic rings. The van der Waals surface area contributed by atoms with Crippen LogP contribution < -0.4 is 4.90 Å². The van der Waals surface area contributed by atoms with Crippen molar-refractivity contribution in [3.8, 4) is 0 Å². The van der Waals surface area contributed by atoms with Crippen molar-refractivity contribution in [2.45, 2.75) is 76.4 Å². The standard InChI is InChI=1S/C28H37NO3/c1-17(30)28(32)14-13-25-23-11-7-19-15-21(31)10-12-22(19)26(23)24(16-27(25,28)2)18-5-8-20(9-6-18)29(3)4/h5-6,8-9,15,17,23-25,30,32H,7,10-14,16H2,1-4H3/t17?,23?,24?,25?,27?,28-/m0/s1. The van der Waals surface area contributed by atoms with Crippen LogP contribution in [0.5, 0.6) is 0 Å². The lowest BCUT2D eigenvalue weighted by Gasteiger charge is -2.55. The Bertz CT molecular complexity index is 988. The van der Waals surface area contributed by atoms with E-state index < -0.39 is 11.7 Å². The summed E-state index contributed by atoms with van der Waals surface area (Å²) in [5, 5.41) is 22.4. The normalized spacial score (nSPS) is 37.4. The smallest absolute Gasteiger partial charge is 0.156 e. The molecule has 0 radical (unpaired) electrons. The predicted octanol–water partition coefficient (Wildman–Crippen LogP) is 4.76. The van der Waals surface area contributed by atoms with Crippen LogP contribution in [0.15, 0.2) is 47.1 Å². The zero-order chi connectivity index (χ0) is 22.8. The van der Waals surface area contributed by atoms with Gasteiger partial charge in [0.15, 0.2) is 5.78 Å². The molecular formula is C28H37NO3. The van der Waals surface area contributed by atoms with Crippen LogP contribution in [-0.2, 0) is 4.79 Å². The summed E-state index contributed by atoms with van der Waals surface area (Å²) < 4.78 is 0. The number of aliphatic hydroxyl groups excluding tert-OH is 1. The molecule has 2 saturated carbocycles. The third-order valence-electron chi connectivity index (χ3n) is 9.45. The summed E-state index contributed by atoms with van der Waals surface area (Å²) in [6.45, 7) is 3.99. The van der Waals surface area contributed by atoms with Crippen molar-refractivity contribution in [2.24, 2.45) is 17.3 Å². The second-order valence-corrected chi connectivity index (χ2v) is 11.1. The number of aliphatic hydroxyl groups is 2. The van der Waals surface area contributed by atoms with Gasteiger partial charge in [0.1, 0.15) is 0 Å². The zero-order valence-electron chi connectivity index (χ0n) is 19.9. The Labute approximate surface area is 192 Å². The number of hydrogen-bond acceptors (Lipinski definition) is 4. The Morgan fingerprint density at radius 3 is 2.47 bits per heavy atom. The van der Waals surface area contributed by atoms with Crippen molar-refractivity contribution < 1.29 is 15.0 Å². The van der Waals surface area contributed by atoms with Crippen LogP contribution in [0.1, 0.15) is 70.3 Å². The summed E-state index contributed by atoms with van der Waals surface area (Å²) in [6.07, 6.45) is 7.10. The van der Waals surface area contributed by atoms with Crippen molar-refractivity contribution in [3.05, 3.63) is 52.6 Å². The first-order valence-corrected chi connectivity index (χ1v) is 12.3. The number of ketones is 1. The van der Waals surface area contributed by atoms with Crippen molar-refractivity contribution in [1.82, 2.24) is 0 Å². The molecule has 1 aromatic carbocycles. The van der Waals surface area contributed by atoms with E-state index in [4.69, 9.17) is 0 Å². The fourth-order valence-corrected chi connectivity index (χ4v) is 7.69. The summed E-state index contributed by atoms with van der Waals surface area (Å²) >= 11 is 0. The first kappa shape index (κ1) is 21.9. The van der Waals surface area contributed by atoms with E-state index >= 15 is 0 Å². The maximum atomic E-state index is 12.2. The molecule has 0 amide bonds. The largest absolute Gasteiger partial charge is 0.390 e. The number of allylic oxidation sites excluding steroid dienone is 4. The quantitative estimate of drug-likeness (QED) is 0.718. The number of anilines is 1. The van der Waals surface area contributed by atoms with Gasteiger partial charge >= 0.3 is 0 Å². The van der Waals surface area contributed by atoms with Crippen molar-refractivity contribution in [1.29, 1.82) is 0 Å². The molecule has 4 nitrogen and oxygen atoms in total. The SMILES string of the molecule is CC(O)[C@@]1(O)CCC2C3CCC4=CC(=O)CCC4=C3C(c3ccc(N(C)C)cc3)CC21C. The fraction of sp³-hybridized carbons (Fsp3) is 0.607. The third-order valence-corrected chi connectivity index (χ3v) is 9.45. The molecule has 5 rings (SSSR count). The molecule has 5 unspecified atom stereocenters. The highest BCUT2D eigenvalue weighted by atomic mass is 16.3. The number of fused-ring (bicyclic) bond motifs is 4. The molecule has 0 saturated heterocycles. The van der Waals surface area contributed by atoms with E-state index in [1.807, 2.05) is 6.08 Å². The number of nitrogens with zero attached hydrogens (tertiary/aromatic N) is 1.